The second-order valence-electron chi connectivity index (χ2n) is 6.98. The van der Waals surface area contributed by atoms with Crippen molar-refractivity contribution < 1.29 is 9.59 Å². The average molecular weight is 344 g/mol. The number of aryl methyl sites for hydroxylation is 1. The van der Waals surface area contributed by atoms with Crippen LogP contribution in [0.4, 0.5) is 5.69 Å². The zero-order valence-corrected chi connectivity index (χ0v) is 15.0. The predicted molar refractivity (Wildman–Crippen MR) is 98.6 cm³/mol. The van der Waals surface area contributed by atoms with Gasteiger partial charge in [0.05, 0.1) is 5.92 Å². The van der Waals surface area contributed by atoms with Gasteiger partial charge in [0.15, 0.2) is 0 Å². The first-order chi connectivity index (χ1) is 12.1. The van der Waals surface area contributed by atoms with Crippen LogP contribution in [0.2, 0.25) is 0 Å². The second-order valence-corrected chi connectivity index (χ2v) is 6.98. The van der Waals surface area contributed by atoms with Gasteiger partial charge >= 0.3 is 0 Å². The SMILES string of the molecule is Cc1ccc(N2CC(C(=O)NCCCN3CCNCC3)CC2=O)cc1. The number of benzene rings is 1. The number of nitrogens with zero attached hydrogens (tertiary/aromatic N) is 2. The molecule has 2 fully saturated rings. The van der Waals surface area contributed by atoms with E-state index in [0.29, 0.717) is 19.5 Å². The van der Waals surface area contributed by atoms with Gasteiger partial charge in [-0.3, -0.25) is 9.59 Å². The first kappa shape index (κ1) is 17.9. The molecule has 0 radical (unpaired) electrons. The Morgan fingerprint density at radius 1 is 1.24 bits per heavy atom. The Balaban J connectivity index is 1.42. The van der Waals surface area contributed by atoms with E-state index in [0.717, 1.165) is 50.4 Å². The molecular formula is C19H28N4O2. The zero-order chi connectivity index (χ0) is 17.6. The molecule has 6 heteroatoms. The maximum Gasteiger partial charge on any atom is 0.227 e. The fourth-order valence-electron chi connectivity index (χ4n) is 3.45. The second kappa shape index (κ2) is 8.45. The van der Waals surface area contributed by atoms with Crippen molar-refractivity contribution in [3.8, 4) is 0 Å². The Labute approximate surface area is 149 Å². The Hall–Kier alpha value is -1.92. The van der Waals surface area contributed by atoms with E-state index in [9.17, 15) is 9.59 Å². The molecule has 2 aliphatic rings. The van der Waals surface area contributed by atoms with E-state index in [2.05, 4.69) is 15.5 Å². The standard InChI is InChI=1S/C19H28N4O2/c1-15-3-5-17(6-4-15)23-14-16(13-18(23)24)19(25)21-7-2-10-22-11-8-20-9-12-22/h3-6,16,20H,2,7-14H2,1H3,(H,21,25). The van der Waals surface area contributed by atoms with Gasteiger partial charge in [0.1, 0.15) is 0 Å². The van der Waals surface area contributed by atoms with Crippen LogP contribution in [0.25, 0.3) is 0 Å². The van der Waals surface area contributed by atoms with Crippen LogP contribution in [0, 0.1) is 12.8 Å². The van der Waals surface area contributed by atoms with Gasteiger partial charge in [-0.1, -0.05) is 17.7 Å². The maximum atomic E-state index is 12.4. The van der Waals surface area contributed by atoms with Crippen molar-refractivity contribution in [2.45, 2.75) is 19.8 Å². The molecule has 1 atom stereocenters. The van der Waals surface area contributed by atoms with Crippen molar-refractivity contribution >= 4 is 17.5 Å². The lowest BCUT2D eigenvalue weighted by Crippen LogP contribution is -2.44. The normalized spacial score (nSPS) is 21.6. The highest BCUT2D eigenvalue weighted by atomic mass is 16.2. The number of nitrogens with one attached hydrogen (secondary N) is 2. The molecule has 0 aromatic heterocycles. The van der Waals surface area contributed by atoms with E-state index in [4.69, 9.17) is 0 Å². The molecule has 2 saturated heterocycles. The summed E-state index contributed by atoms with van der Waals surface area (Å²) in [5.74, 6) is -0.207. The van der Waals surface area contributed by atoms with Crippen LogP contribution in [0.15, 0.2) is 24.3 Å². The molecule has 25 heavy (non-hydrogen) atoms. The number of rotatable bonds is 6. The van der Waals surface area contributed by atoms with Gasteiger partial charge in [-0.15, -0.1) is 0 Å². The van der Waals surface area contributed by atoms with Gasteiger partial charge in [-0.05, 0) is 32.0 Å². The summed E-state index contributed by atoms with van der Waals surface area (Å²) in [6.45, 7) is 8.45. The van der Waals surface area contributed by atoms with Crippen molar-refractivity contribution in [2.75, 3.05) is 50.7 Å². The van der Waals surface area contributed by atoms with Gasteiger partial charge < -0.3 is 20.4 Å². The first-order valence-corrected chi connectivity index (χ1v) is 9.21. The van der Waals surface area contributed by atoms with Crippen LogP contribution in [0.5, 0.6) is 0 Å². The summed E-state index contributed by atoms with van der Waals surface area (Å²) < 4.78 is 0. The Morgan fingerprint density at radius 2 is 1.96 bits per heavy atom. The number of carbonyl (C=O) groups is 2. The van der Waals surface area contributed by atoms with E-state index in [1.165, 1.54) is 0 Å². The lowest BCUT2D eigenvalue weighted by Gasteiger charge is -2.27. The molecular weight excluding hydrogens is 316 g/mol. The third kappa shape index (κ3) is 4.80. The van der Waals surface area contributed by atoms with E-state index < -0.39 is 0 Å². The van der Waals surface area contributed by atoms with E-state index in [-0.39, 0.29) is 17.7 Å². The van der Waals surface area contributed by atoms with Crippen molar-refractivity contribution in [1.82, 2.24) is 15.5 Å². The molecule has 2 aliphatic heterocycles. The highest BCUT2D eigenvalue weighted by Gasteiger charge is 2.34. The largest absolute Gasteiger partial charge is 0.356 e. The summed E-state index contributed by atoms with van der Waals surface area (Å²) in [5.41, 5.74) is 2.04. The minimum Gasteiger partial charge on any atom is -0.356 e. The average Bonchev–Trinajstić information content (AvgIpc) is 3.02. The molecule has 0 saturated carbocycles. The summed E-state index contributed by atoms with van der Waals surface area (Å²) in [6, 6.07) is 7.88. The molecule has 2 amide bonds. The van der Waals surface area contributed by atoms with Crippen molar-refractivity contribution in [3.05, 3.63) is 29.8 Å². The topological polar surface area (TPSA) is 64.7 Å². The third-order valence-corrected chi connectivity index (χ3v) is 5.00. The summed E-state index contributed by atoms with van der Waals surface area (Å²) >= 11 is 0. The summed E-state index contributed by atoms with van der Waals surface area (Å²) in [6.07, 6.45) is 1.26. The molecule has 1 aromatic rings. The monoisotopic (exact) mass is 344 g/mol. The van der Waals surface area contributed by atoms with Gasteiger partial charge in [-0.25, -0.2) is 0 Å². The molecule has 1 unspecified atom stereocenters. The maximum absolute atomic E-state index is 12.4. The number of anilines is 1. The third-order valence-electron chi connectivity index (χ3n) is 5.00. The van der Waals surface area contributed by atoms with Crippen LogP contribution in [0.1, 0.15) is 18.4 Å². The van der Waals surface area contributed by atoms with E-state index in [1.807, 2.05) is 31.2 Å². The fourth-order valence-corrected chi connectivity index (χ4v) is 3.45. The Morgan fingerprint density at radius 3 is 2.68 bits per heavy atom. The minimum absolute atomic E-state index is 0.00303. The van der Waals surface area contributed by atoms with Crippen LogP contribution in [-0.2, 0) is 9.59 Å². The van der Waals surface area contributed by atoms with Crippen molar-refractivity contribution in [3.63, 3.8) is 0 Å². The molecule has 1 aromatic carbocycles. The van der Waals surface area contributed by atoms with Crippen molar-refractivity contribution in [2.24, 2.45) is 5.92 Å². The summed E-state index contributed by atoms with van der Waals surface area (Å²) in [7, 11) is 0. The number of piperazine rings is 1. The van der Waals surface area contributed by atoms with E-state index in [1.54, 1.807) is 4.90 Å². The molecule has 0 spiro atoms. The molecule has 2 heterocycles. The number of hydrogen-bond acceptors (Lipinski definition) is 4. The first-order valence-electron chi connectivity index (χ1n) is 9.21. The van der Waals surface area contributed by atoms with Gasteiger partial charge in [0, 0.05) is 51.4 Å². The molecule has 3 rings (SSSR count). The number of hydrogen-bond donors (Lipinski definition) is 2. The summed E-state index contributed by atoms with van der Waals surface area (Å²) in [5, 5.41) is 6.34. The molecule has 6 nitrogen and oxygen atoms in total. The zero-order valence-electron chi connectivity index (χ0n) is 15.0. The highest BCUT2D eigenvalue weighted by molar-refractivity contribution is 6.00. The fraction of sp³-hybridized carbons (Fsp3) is 0.579. The molecule has 0 bridgehead atoms. The van der Waals surface area contributed by atoms with Crippen molar-refractivity contribution in [1.29, 1.82) is 0 Å². The Kier molecular flexibility index (Phi) is 6.04. The molecule has 2 N–H and O–H groups in total. The van der Waals surface area contributed by atoms with Gasteiger partial charge in [-0.2, -0.15) is 0 Å². The number of amides is 2. The minimum atomic E-state index is -0.243. The molecule has 0 aliphatic carbocycles. The Bertz CT molecular complexity index is 596. The van der Waals surface area contributed by atoms with Crippen LogP contribution >= 0.6 is 0 Å². The smallest absolute Gasteiger partial charge is 0.227 e. The van der Waals surface area contributed by atoms with Crippen LogP contribution in [0.3, 0.4) is 0 Å². The van der Waals surface area contributed by atoms with Gasteiger partial charge in [0.25, 0.3) is 0 Å². The lowest BCUT2D eigenvalue weighted by molar-refractivity contribution is -0.126. The van der Waals surface area contributed by atoms with E-state index >= 15 is 0 Å². The predicted octanol–water partition coefficient (Wildman–Crippen LogP) is 0.759. The highest BCUT2D eigenvalue weighted by Crippen LogP contribution is 2.25. The molecule has 136 valence electrons. The quantitative estimate of drug-likeness (QED) is 0.748. The van der Waals surface area contributed by atoms with Crippen LogP contribution < -0.4 is 15.5 Å². The lowest BCUT2D eigenvalue weighted by atomic mass is 10.1. The number of carbonyl (C=O) groups excluding carboxylic acids is 2. The van der Waals surface area contributed by atoms with Crippen LogP contribution in [-0.4, -0.2) is 62.5 Å². The summed E-state index contributed by atoms with van der Waals surface area (Å²) in [4.78, 5) is 28.7. The van der Waals surface area contributed by atoms with Gasteiger partial charge in [0.2, 0.25) is 11.8 Å².